The first-order chi connectivity index (χ1) is 9.28. The zero-order valence-electron chi connectivity index (χ0n) is 12.9. The van der Waals surface area contributed by atoms with Crippen molar-refractivity contribution in [2.75, 3.05) is 11.5 Å². The highest BCUT2D eigenvalue weighted by Crippen LogP contribution is 2.25. The lowest BCUT2D eigenvalue weighted by Gasteiger charge is -2.28. The van der Waals surface area contributed by atoms with Gasteiger partial charge in [0.05, 0.1) is 11.5 Å². The van der Waals surface area contributed by atoms with E-state index in [1.54, 1.807) is 0 Å². The zero-order chi connectivity index (χ0) is 14.9. The van der Waals surface area contributed by atoms with Gasteiger partial charge in [-0.2, -0.15) is 0 Å². The van der Waals surface area contributed by atoms with E-state index in [4.69, 9.17) is 0 Å². The second kappa shape index (κ2) is 5.86. The van der Waals surface area contributed by atoms with E-state index in [1.165, 1.54) is 22.3 Å². The van der Waals surface area contributed by atoms with Crippen LogP contribution in [-0.4, -0.2) is 26.0 Å². The van der Waals surface area contributed by atoms with Gasteiger partial charge in [0, 0.05) is 12.1 Å². The molecule has 0 aliphatic carbocycles. The first kappa shape index (κ1) is 15.5. The molecule has 0 aromatic heterocycles. The summed E-state index contributed by atoms with van der Waals surface area (Å²) < 4.78 is 22.9. The average molecular weight is 295 g/mol. The third-order valence-electron chi connectivity index (χ3n) is 4.21. The van der Waals surface area contributed by atoms with Gasteiger partial charge in [-0.05, 0) is 57.2 Å². The lowest BCUT2D eigenvalue weighted by Crippen LogP contribution is -2.39. The van der Waals surface area contributed by atoms with Crippen molar-refractivity contribution < 1.29 is 8.42 Å². The molecule has 1 unspecified atom stereocenters. The summed E-state index contributed by atoms with van der Waals surface area (Å²) in [5, 5.41) is 3.61. The second-order valence-corrected chi connectivity index (χ2v) is 8.43. The van der Waals surface area contributed by atoms with Crippen LogP contribution in [0.25, 0.3) is 0 Å². The first-order valence-electron chi connectivity index (χ1n) is 7.33. The molecule has 0 amide bonds. The van der Waals surface area contributed by atoms with Gasteiger partial charge in [-0.1, -0.05) is 17.7 Å². The van der Waals surface area contributed by atoms with Crippen LogP contribution in [0.1, 0.15) is 48.1 Å². The molecule has 0 spiro atoms. The minimum atomic E-state index is -2.78. The number of aryl methyl sites for hydroxylation is 3. The van der Waals surface area contributed by atoms with E-state index in [9.17, 15) is 8.42 Å². The normalized spacial score (nSPS) is 20.8. The van der Waals surface area contributed by atoms with Gasteiger partial charge in [0.2, 0.25) is 0 Å². The molecule has 1 aliphatic rings. The highest BCUT2D eigenvalue weighted by Gasteiger charge is 2.25. The Morgan fingerprint density at radius 2 is 1.60 bits per heavy atom. The molecule has 2 rings (SSSR count). The average Bonchev–Trinajstić information content (AvgIpc) is 2.30. The SMILES string of the molecule is Cc1cc(C)c(C(C)NC2CCS(=O)(=O)CC2)c(C)c1. The molecule has 1 aromatic carbocycles. The number of sulfone groups is 1. The van der Waals surface area contributed by atoms with E-state index >= 15 is 0 Å². The fraction of sp³-hybridized carbons (Fsp3) is 0.625. The monoisotopic (exact) mass is 295 g/mol. The van der Waals surface area contributed by atoms with E-state index in [-0.39, 0.29) is 6.04 Å². The van der Waals surface area contributed by atoms with Crippen LogP contribution >= 0.6 is 0 Å². The number of nitrogens with one attached hydrogen (secondary N) is 1. The lowest BCUT2D eigenvalue weighted by molar-refractivity contribution is 0.418. The van der Waals surface area contributed by atoms with Crippen molar-refractivity contribution in [2.24, 2.45) is 0 Å². The molecule has 20 heavy (non-hydrogen) atoms. The van der Waals surface area contributed by atoms with E-state index in [0.29, 0.717) is 17.5 Å². The Labute approximate surface area is 122 Å². The predicted octanol–water partition coefficient (Wildman–Crippen LogP) is 2.84. The summed E-state index contributed by atoms with van der Waals surface area (Å²) in [4.78, 5) is 0. The van der Waals surface area contributed by atoms with Gasteiger partial charge >= 0.3 is 0 Å². The molecule has 0 bridgehead atoms. The van der Waals surface area contributed by atoms with E-state index < -0.39 is 9.84 Å². The summed E-state index contributed by atoms with van der Waals surface area (Å²) in [5.74, 6) is 0.645. The summed E-state index contributed by atoms with van der Waals surface area (Å²) >= 11 is 0. The highest BCUT2D eigenvalue weighted by molar-refractivity contribution is 7.91. The van der Waals surface area contributed by atoms with Crippen LogP contribution in [-0.2, 0) is 9.84 Å². The summed E-state index contributed by atoms with van der Waals surface area (Å²) in [6.07, 6.45) is 1.47. The number of rotatable bonds is 3. The molecule has 1 saturated heterocycles. The highest BCUT2D eigenvalue weighted by atomic mass is 32.2. The van der Waals surface area contributed by atoms with Gasteiger partial charge < -0.3 is 5.32 Å². The zero-order valence-corrected chi connectivity index (χ0v) is 13.7. The second-order valence-electron chi connectivity index (χ2n) is 6.13. The molecule has 0 saturated carbocycles. The van der Waals surface area contributed by atoms with Crippen LogP contribution in [0.5, 0.6) is 0 Å². The molecule has 4 heteroatoms. The number of benzene rings is 1. The molecular formula is C16H25NO2S. The van der Waals surface area contributed by atoms with Crippen LogP contribution < -0.4 is 5.32 Å². The Morgan fingerprint density at radius 1 is 1.10 bits per heavy atom. The van der Waals surface area contributed by atoms with Crippen LogP contribution in [0.2, 0.25) is 0 Å². The van der Waals surface area contributed by atoms with Crippen molar-refractivity contribution in [3.63, 3.8) is 0 Å². The standard InChI is InChI=1S/C16H25NO2S/c1-11-9-12(2)16(13(3)10-11)14(4)17-15-5-7-20(18,19)8-6-15/h9-10,14-15,17H,5-8H2,1-4H3. The van der Waals surface area contributed by atoms with Crippen LogP contribution in [0.4, 0.5) is 0 Å². The van der Waals surface area contributed by atoms with E-state index in [0.717, 1.165) is 12.8 Å². The molecule has 1 aliphatic heterocycles. The van der Waals surface area contributed by atoms with Crippen LogP contribution in [0.15, 0.2) is 12.1 Å². The summed E-state index contributed by atoms with van der Waals surface area (Å²) in [6, 6.07) is 5.01. The molecular weight excluding hydrogens is 270 g/mol. The molecule has 1 aromatic rings. The minimum Gasteiger partial charge on any atom is -0.307 e. The topological polar surface area (TPSA) is 46.2 Å². The fourth-order valence-electron chi connectivity index (χ4n) is 3.37. The van der Waals surface area contributed by atoms with Gasteiger partial charge in [-0.25, -0.2) is 8.42 Å². The van der Waals surface area contributed by atoms with Gasteiger partial charge in [0.25, 0.3) is 0 Å². The third-order valence-corrected chi connectivity index (χ3v) is 5.93. The Balaban J connectivity index is 2.08. The quantitative estimate of drug-likeness (QED) is 0.932. The number of hydrogen-bond acceptors (Lipinski definition) is 3. The fourth-order valence-corrected chi connectivity index (χ4v) is 4.86. The lowest BCUT2D eigenvalue weighted by atomic mass is 9.94. The van der Waals surface area contributed by atoms with Crippen LogP contribution in [0.3, 0.4) is 0 Å². The van der Waals surface area contributed by atoms with Gasteiger partial charge in [-0.3, -0.25) is 0 Å². The Bertz CT molecular complexity index is 555. The molecule has 3 nitrogen and oxygen atoms in total. The van der Waals surface area contributed by atoms with Crippen molar-refractivity contribution in [1.29, 1.82) is 0 Å². The maximum atomic E-state index is 11.5. The first-order valence-corrected chi connectivity index (χ1v) is 9.15. The van der Waals surface area contributed by atoms with E-state index in [1.807, 2.05) is 0 Å². The van der Waals surface area contributed by atoms with Gasteiger partial charge in [-0.15, -0.1) is 0 Å². The maximum Gasteiger partial charge on any atom is 0.150 e. The van der Waals surface area contributed by atoms with Crippen molar-refractivity contribution >= 4 is 9.84 Å². The Kier molecular flexibility index (Phi) is 4.55. The Morgan fingerprint density at radius 3 is 2.10 bits per heavy atom. The largest absolute Gasteiger partial charge is 0.307 e. The summed E-state index contributed by atoms with van der Waals surface area (Å²) in [5.41, 5.74) is 5.26. The molecule has 1 fully saturated rings. The molecule has 1 N–H and O–H groups in total. The van der Waals surface area contributed by atoms with E-state index in [2.05, 4.69) is 45.1 Å². The van der Waals surface area contributed by atoms with Crippen molar-refractivity contribution in [3.05, 3.63) is 34.4 Å². The van der Waals surface area contributed by atoms with Crippen LogP contribution in [0, 0.1) is 20.8 Å². The predicted molar refractivity (Wildman–Crippen MR) is 83.9 cm³/mol. The molecule has 112 valence electrons. The minimum absolute atomic E-state index is 0.265. The van der Waals surface area contributed by atoms with Crippen molar-refractivity contribution in [2.45, 2.75) is 52.6 Å². The maximum absolute atomic E-state index is 11.5. The Hall–Kier alpha value is -0.870. The molecule has 1 atom stereocenters. The van der Waals surface area contributed by atoms with Crippen molar-refractivity contribution in [3.8, 4) is 0 Å². The smallest absolute Gasteiger partial charge is 0.150 e. The van der Waals surface area contributed by atoms with Gasteiger partial charge in [0.15, 0.2) is 0 Å². The summed E-state index contributed by atoms with van der Waals surface area (Å²) in [6.45, 7) is 8.60. The van der Waals surface area contributed by atoms with Gasteiger partial charge in [0.1, 0.15) is 9.84 Å². The van der Waals surface area contributed by atoms with Crippen molar-refractivity contribution in [1.82, 2.24) is 5.32 Å². The number of hydrogen-bond donors (Lipinski definition) is 1. The molecule has 0 radical (unpaired) electrons. The molecule has 1 heterocycles. The third kappa shape index (κ3) is 3.61. The summed E-state index contributed by atoms with van der Waals surface area (Å²) in [7, 11) is -2.78.